The first-order valence-corrected chi connectivity index (χ1v) is 8.03. The van der Waals surface area contributed by atoms with Crippen molar-refractivity contribution < 1.29 is 9.47 Å². The van der Waals surface area contributed by atoms with Crippen molar-refractivity contribution >= 4 is 11.4 Å². The number of ether oxygens (including phenoxy) is 2. The predicted octanol–water partition coefficient (Wildman–Crippen LogP) is 3.45. The Hall–Kier alpha value is -1.42. The van der Waals surface area contributed by atoms with Crippen molar-refractivity contribution in [3.05, 3.63) is 18.2 Å². The molecule has 0 spiro atoms. The molecule has 21 heavy (non-hydrogen) atoms. The molecule has 4 heteroatoms. The molecule has 2 rings (SSSR count). The van der Waals surface area contributed by atoms with Crippen molar-refractivity contribution in [2.75, 3.05) is 30.3 Å². The van der Waals surface area contributed by atoms with Gasteiger partial charge >= 0.3 is 0 Å². The molecule has 0 saturated carbocycles. The molecule has 2 N–H and O–H groups in total. The topological polar surface area (TPSA) is 47.7 Å². The predicted molar refractivity (Wildman–Crippen MR) is 88.1 cm³/mol. The van der Waals surface area contributed by atoms with Gasteiger partial charge in [0.05, 0.1) is 23.6 Å². The number of piperidine rings is 1. The van der Waals surface area contributed by atoms with Gasteiger partial charge in [-0.15, -0.1) is 0 Å². The quantitative estimate of drug-likeness (QED) is 0.816. The molecule has 1 heterocycles. The summed E-state index contributed by atoms with van der Waals surface area (Å²) < 4.78 is 11.7. The Balaban J connectivity index is 2.10. The first-order chi connectivity index (χ1) is 10.1. The van der Waals surface area contributed by atoms with Gasteiger partial charge in [-0.2, -0.15) is 0 Å². The summed E-state index contributed by atoms with van der Waals surface area (Å²) in [5.41, 5.74) is 8.11. The average molecular weight is 292 g/mol. The first-order valence-electron chi connectivity index (χ1n) is 8.03. The zero-order chi connectivity index (χ0) is 15.2. The van der Waals surface area contributed by atoms with Crippen LogP contribution in [-0.2, 0) is 4.74 Å². The normalized spacial score (nSPS) is 19.0. The molecule has 1 aromatic rings. The lowest BCUT2D eigenvalue weighted by Gasteiger charge is -2.35. The summed E-state index contributed by atoms with van der Waals surface area (Å²) in [5, 5.41) is 0. The standard InChI is InChI=1S/C17H28N2O2/c1-4-11-20-14-7-6-10-19(12-14)15-8-5-9-16(17(15)18)21-13(2)3/h5,8-9,13-14H,4,6-7,10-12,18H2,1-3H3. The summed E-state index contributed by atoms with van der Waals surface area (Å²) >= 11 is 0. The van der Waals surface area contributed by atoms with E-state index in [1.807, 2.05) is 26.0 Å². The molecule has 0 bridgehead atoms. The van der Waals surface area contributed by atoms with Crippen LogP contribution >= 0.6 is 0 Å². The van der Waals surface area contributed by atoms with Crippen molar-refractivity contribution in [2.45, 2.75) is 52.2 Å². The first kappa shape index (κ1) is 16.0. The minimum absolute atomic E-state index is 0.129. The second kappa shape index (κ2) is 7.55. The van der Waals surface area contributed by atoms with Gasteiger partial charge in [-0.3, -0.25) is 0 Å². The van der Waals surface area contributed by atoms with Crippen LogP contribution in [0.3, 0.4) is 0 Å². The zero-order valence-corrected chi connectivity index (χ0v) is 13.5. The van der Waals surface area contributed by atoms with E-state index in [2.05, 4.69) is 17.9 Å². The Morgan fingerprint density at radius 2 is 2.19 bits per heavy atom. The molecule has 118 valence electrons. The number of nitrogens with zero attached hydrogens (tertiary/aromatic N) is 1. The summed E-state index contributed by atoms with van der Waals surface area (Å²) in [4.78, 5) is 2.33. The molecular weight excluding hydrogens is 264 g/mol. The Labute approximate surface area is 128 Å². The van der Waals surface area contributed by atoms with Gasteiger partial charge in [0.1, 0.15) is 5.75 Å². The highest BCUT2D eigenvalue weighted by Crippen LogP contribution is 2.34. The molecule has 1 saturated heterocycles. The van der Waals surface area contributed by atoms with Gasteiger partial charge in [0, 0.05) is 19.7 Å². The molecule has 0 aromatic heterocycles. The van der Waals surface area contributed by atoms with Crippen LogP contribution in [0.25, 0.3) is 0 Å². The fraction of sp³-hybridized carbons (Fsp3) is 0.647. The molecule has 0 amide bonds. The molecule has 0 radical (unpaired) electrons. The van der Waals surface area contributed by atoms with Crippen LogP contribution in [0.15, 0.2) is 18.2 Å². The lowest BCUT2D eigenvalue weighted by molar-refractivity contribution is 0.0441. The van der Waals surface area contributed by atoms with Gasteiger partial charge in [0.25, 0.3) is 0 Å². The monoisotopic (exact) mass is 292 g/mol. The number of nitrogen functional groups attached to an aromatic ring is 1. The summed E-state index contributed by atoms with van der Waals surface area (Å²) in [6.45, 7) is 8.95. The summed E-state index contributed by atoms with van der Waals surface area (Å²) in [7, 11) is 0. The highest BCUT2D eigenvalue weighted by molar-refractivity contribution is 5.74. The average Bonchev–Trinajstić information content (AvgIpc) is 2.47. The van der Waals surface area contributed by atoms with Crippen molar-refractivity contribution in [1.82, 2.24) is 0 Å². The lowest BCUT2D eigenvalue weighted by atomic mass is 10.1. The Bertz CT molecular complexity index is 448. The summed E-state index contributed by atoms with van der Waals surface area (Å²) in [6.07, 6.45) is 3.79. The molecule has 1 unspecified atom stereocenters. The fourth-order valence-electron chi connectivity index (χ4n) is 2.74. The number of hydrogen-bond donors (Lipinski definition) is 1. The van der Waals surface area contributed by atoms with Gasteiger partial charge in [-0.05, 0) is 45.2 Å². The third kappa shape index (κ3) is 4.27. The van der Waals surface area contributed by atoms with E-state index in [0.717, 1.165) is 56.1 Å². The van der Waals surface area contributed by atoms with E-state index in [1.165, 1.54) is 0 Å². The summed E-state index contributed by atoms with van der Waals surface area (Å²) in [6, 6.07) is 6.03. The van der Waals surface area contributed by atoms with Crippen LogP contribution in [0.5, 0.6) is 5.75 Å². The van der Waals surface area contributed by atoms with Crippen molar-refractivity contribution in [2.24, 2.45) is 0 Å². The Kier molecular flexibility index (Phi) is 5.74. The SMILES string of the molecule is CCCOC1CCCN(c2cccc(OC(C)C)c2N)C1. The second-order valence-corrected chi connectivity index (χ2v) is 5.94. The molecule has 1 aliphatic heterocycles. The number of rotatable bonds is 6. The maximum absolute atomic E-state index is 6.30. The fourth-order valence-corrected chi connectivity index (χ4v) is 2.74. The molecule has 0 aliphatic carbocycles. The highest BCUT2D eigenvalue weighted by Gasteiger charge is 2.22. The molecule has 4 nitrogen and oxygen atoms in total. The van der Waals surface area contributed by atoms with Crippen LogP contribution in [0.2, 0.25) is 0 Å². The number of benzene rings is 1. The van der Waals surface area contributed by atoms with Gasteiger partial charge in [-0.25, -0.2) is 0 Å². The van der Waals surface area contributed by atoms with Gasteiger partial charge in [0.15, 0.2) is 0 Å². The smallest absolute Gasteiger partial charge is 0.144 e. The Morgan fingerprint density at radius 3 is 2.90 bits per heavy atom. The van der Waals surface area contributed by atoms with Crippen LogP contribution in [-0.4, -0.2) is 31.9 Å². The molecule has 1 aliphatic rings. The third-order valence-corrected chi connectivity index (χ3v) is 3.68. The maximum atomic E-state index is 6.30. The maximum Gasteiger partial charge on any atom is 0.144 e. The van der Waals surface area contributed by atoms with Crippen molar-refractivity contribution in [3.8, 4) is 5.75 Å². The number of para-hydroxylation sites is 1. The number of anilines is 2. The van der Waals surface area contributed by atoms with Gasteiger partial charge in [-0.1, -0.05) is 13.0 Å². The van der Waals surface area contributed by atoms with Crippen LogP contribution < -0.4 is 15.4 Å². The second-order valence-electron chi connectivity index (χ2n) is 5.94. The third-order valence-electron chi connectivity index (χ3n) is 3.68. The van der Waals surface area contributed by atoms with Crippen molar-refractivity contribution in [1.29, 1.82) is 0 Å². The summed E-state index contributed by atoms with van der Waals surface area (Å²) in [5.74, 6) is 0.777. The number of hydrogen-bond acceptors (Lipinski definition) is 4. The van der Waals surface area contributed by atoms with Gasteiger partial charge in [0.2, 0.25) is 0 Å². The van der Waals surface area contributed by atoms with Crippen molar-refractivity contribution in [3.63, 3.8) is 0 Å². The van der Waals surface area contributed by atoms with Crippen LogP contribution in [0.4, 0.5) is 11.4 Å². The van der Waals surface area contributed by atoms with E-state index in [4.69, 9.17) is 15.2 Å². The molecule has 1 aromatic carbocycles. The van der Waals surface area contributed by atoms with E-state index >= 15 is 0 Å². The number of nitrogens with two attached hydrogens (primary N) is 1. The zero-order valence-electron chi connectivity index (χ0n) is 13.5. The van der Waals surface area contributed by atoms with Gasteiger partial charge < -0.3 is 20.1 Å². The van der Waals surface area contributed by atoms with Crippen LogP contribution in [0.1, 0.15) is 40.0 Å². The van der Waals surface area contributed by atoms with E-state index in [-0.39, 0.29) is 6.10 Å². The Morgan fingerprint density at radius 1 is 1.38 bits per heavy atom. The minimum Gasteiger partial charge on any atom is -0.489 e. The highest BCUT2D eigenvalue weighted by atomic mass is 16.5. The minimum atomic E-state index is 0.129. The molecular formula is C17H28N2O2. The lowest BCUT2D eigenvalue weighted by Crippen LogP contribution is -2.40. The van der Waals surface area contributed by atoms with E-state index < -0.39 is 0 Å². The van der Waals surface area contributed by atoms with E-state index in [0.29, 0.717) is 6.10 Å². The van der Waals surface area contributed by atoms with Crippen LogP contribution in [0, 0.1) is 0 Å². The molecule has 1 fully saturated rings. The largest absolute Gasteiger partial charge is 0.489 e. The van der Waals surface area contributed by atoms with E-state index in [9.17, 15) is 0 Å². The molecule has 1 atom stereocenters. The van der Waals surface area contributed by atoms with E-state index in [1.54, 1.807) is 0 Å².